The molecule has 10 nitrogen and oxygen atoms in total. The van der Waals surface area contributed by atoms with E-state index in [9.17, 15) is 10.1 Å². The van der Waals surface area contributed by atoms with E-state index >= 15 is 0 Å². The van der Waals surface area contributed by atoms with Crippen LogP contribution in [0.1, 0.15) is 12.6 Å². The minimum absolute atomic E-state index is 0.146. The maximum Gasteiger partial charge on any atom is 0.266 e. The van der Waals surface area contributed by atoms with Crippen molar-refractivity contribution in [2.75, 3.05) is 50.6 Å². The highest BCUT2D eigenvalue weighted by Crippen LogP contribution is 2.30. The molecule has 1 atom stereocenters. The van der Waals surface area contributed by atoms with Crippen molar-refractivity contribution in [2.45, 2.75) is 13.0 Å². The molecule has 3 aromatic rings. The minimum Gasteiger partial charge on any atom is -0.497 e. The van der Waals surface area contributed by atoms with E-state index in [1.54, 1.807) is 44.6 Å². The number of methoxy groups -OCH3 is 2. The fourth-order valence-electron chi connectivity index (χ4n) is 3.73. The van der Waals surface area contributed by atoms with Crippen LogP contribution in [0.25, 0.3) is 11.7 Å². The van der Waals surface area contributed by atoms with Crippen molar-refractivity contribution in [1.82, 2.24) is 9.88 Å². The summed E-state index contributed by atoms with van der Waals surface area (Å²) < 4.78 is 21.7. The highest BCUT2D eigenvalue weighted by Gasteiger charge is 2.29. The standard InChI is InChI=1S/C23H25N5O5/c1-15(21(29)25-17-13-16(30-2)6-7-19(17)31-3)27-8-10-28(11-9-27)23-18(14-24)26-22(33-23)20-5-4-12-32-20/h4-7,12-13,15H,8-11H2,1-3H3,(H,25,29). The largest absolute Gasteiger partial charge is 0.497 e. The fraction of sp³-hybridized carbons (Fsp3) is 0.348. The molecule has 0 spiro atoms. The number of nitriles is 1. The van der Waals surface area contributed by atoms with Gasteiger partial charge in [0.1, 0.15) is 17.6 Å². The lowest BCUT2D eigenvalue weighted by Gasteiger charge is -2.37. The highest BCUT2D eigenvalue weighted by atomic mass is 16.5. The zero-order valence-electron chi connectivity index (χ0n) is 18.7. The summed E-state index contributed by atoms with van der Waals surface area (Å²) in [5, 5.41) is 12.4. The lowest BCUT2D eigenvalue weighted by Crippen LogP contribution is -2.53. The van der Waals surface area contributed by atoms with Crippen LogP contribution in [0.15, 0.2) is 45.4 Å². The van der Waals surface area contributed by atoms with Crippen molar-refractivity contribution in [3.8, 4) is 29.2 Å². The molecule has 1 aromatic carbocycles. The average Bonchev–Trinajstić information content (AvgIpc) is 3.53. The van der Waals surface area contributed by atoms with Gasteiger partial charge in [-0.1, -0.05) is 0 Å². The number of nitrogens with one attached hydrogen (secondary N) is 1. The summed E-state index contributed by atoms with van der Waals surface area (Å²) in [6.07, 6.45) is 1.53. The number of piperazine rings is 1. The summed E-state index contributed by atoms with van der Waals surface area (Å²) in [6, 6.07) is 10.4. The SMILES string of the molecule is COc1ccc(OC)c(NC(=O)C(C)N2CCN(c3oc(-c4ccco4)nc3C#N)CC2)c1. The van der Waals surface area contributed by atoms with Gasteiger partial charge in [-0.05, 0) is 31.2 Å². The first-order chi connectivity index (χ1) is 16.0. The normalized spacial score (nSPS) is 15.0. The molecule has 1 aliphatic heterocycles. The van der Waals surface area contributed by atoms with E-state index < -0.39 is 0 Å². The van der Waals surface area contributed by atoms with Crippen molar-refractivity contribution in [3.05, 3.63) is 42.3 Å². The molecular weight excluding hydrogens is 426 g/mol. The molecular formula is C23H25N5O5. The Hall–Kier alpha value is -3.97. The van der Waals surface area contributed by atoms with Crippen LogP contribution in [0.2, 0.25) is 0 Å². The Bertz CT molecular complexity index is 1140. The second-order valence-electron chi connectivity index (χ2n) is 7.52. The molecule has 1 fully saturated rings. The molecule has 1 unspecified atom stereocenters. The van der Waals surface area contributed by atoms with Gasteiger partial charge in [-0.2, -0.15) is 10.2 Å². The molecule has 1 saturated heterocycles. The number of ether oxygens (including phenoxy) is 2. The Labute approximate surface area is 191 Å². The molecule has 1 aliphatic rings. The molecule has 0 radical (unpaired) electrons. The molecule has 3 heterocycles. The smallest absolute Gasteiger partial charge is 0.266 e. The Kier molecular flexibility index (Phi) is 6.51. The molecule has 33 heavy (non-hydrogen) atoms. The van der Waals surface area contributed by atoms with Crippen LogP contribution in [0.5, 0.6) is 11.5 Å². The van der Waals surface area contributed by atoms with Gasteiger partial charge in [0, 0.05) is 32.2 Å². The van der Waals surface area contributed by atoms with Crippen LogP contribution in [0, 0.1) is 11.3 Å². The number of hydrogen-bond donors (Lipinski definition) is 1. The molecule has 1 amide bonds. The predicted octanol–water partition coefficient (Wildman–Crippen LogP) is 2.97. The third-order valence-electron chi connectivity index (χ3n) is 5.64. The summed E-state index contributed by atoms with van der Waals surface area (Å²) >= 11 is 0. The molecule has 0 saturated carbocycles. The van der Waals surface area contributed by atoms with Crippen molar-refractivity contribution < 1.29 is 23.1 Å². The second kappa shape index (κ2) is 9.67. The summed E-state index contributed by atoms with van der Waals surface area (Å²) in [4.78, 5) is 21.2. The Balaban J connectivity index is 1.40. The van der Waals surface area contributed by atoms with Crippen LogP contribution in [0.3, 0.4) is 0 Å². The number of rotatable bonds is 7. The van der Waals surface area contributed by atoms with Crippen molar-refractivity contribution >= 4 is 17.5 Å². The van der Waals surface area contributed by atoms with E-state index in [-0.39, 0.29) is 23.5 Å². The number of oxazole rings is 1. The zero-order valence-corrected chi connectivity index (χ0v) is 18.7. The van der Waals surface area contributed by atoms with E-state index in [4.69, 9.17) is 18.3 Å². The summed E-state index contributed by atoms with van der Waals surface area (Å²) in [6.45, 7) is 4.27. The van der Waals surface area contributed by atoms with E-state index in [1.807, 2.05) is 11.8 Å². The van der Waals surface area contributed by atoms with Crippen molar-refractivity contribution in [2.24, 2.45) is 0 Å². The second-order valence-corrected chi connectivity index (χ2v) is 7.52. The van der Waals surface area contributed by atoms with Crippen LogP contribution in [-0.2, 0) is 4.79 Å². The molecule has 172 valence electrons. The number of carbonyl (C=O) groups excluding carboxylic acids is 1. The molecule has 2 aromatic heterocycles. The fourth-order valence-corrected chi connectivity index (χ4v) is 3.73. The first kappa shape index (κ1) is 22.2. The number of anilines is 2. The highest BCUT2D eigenvalue weighted by molar-refractivity contribution is 5.96. The summed E-state index contributed by atoms with van der Waals surface area (Å²) in [5.41, 5.74) is 0.767. The Morgan fingerprint density at radius 1 is 1.21 bits per heavy atom. The van der Waals surface area contributed by atoms with Gasteiger partial charge in [0.2, 0.25) is 17.5 Å². The quantitative estimate of drug-likeness (QED) is 0.578. The first-order valence-corrected chi connectivity index (χ1v) is 10.5. The third kappa shape index (κ3) is 4.63. The number of nitrogens with zero attached hydrogens (tertiary/aromatic N) is 4. The average molecular weight is 451 g/mol. The van der Waals surface area contributed by atoms with E-state index in [0.29, 0.717) is 55.0 Å². The summed E-state index contributed by atoms with van der Waals surface area (Å²) in [7, 11) is 3.12. The molecule has 1 N–H and O–H groups in total. The predicted molar refractivity (Wildman–Crippen MR) is 120 cm³/mol. The lowest BCUT2D eigenvalue weighted by molar-refractivity contribution is -0.120. The molecule has 0 bridgehead atoms. The Morgan fingerprint density at radius 2 is 2.00 bits per heavy atom. The van der Waals surface area contributed by atoms with Gasteiger partial charge in [0.05, 0.1) is 32.2 Å². The lowest BCUT2D eigenvalue weighted by atomic mass is 10.2. The first-order valence-electron chi connectivity index (χ1n) is 10.5. The number of amides is 1. The van der Waals surface area contributed by atoms with Crippen LogP contribution >= 0.6 is 0 Å². The van der Waals surface area contributed by atoms with Crippen LogP contribution in [-0.4, -0.2) is 62.2 Å². The topological polar surface area (TPSA) is 117 Å². The maximum atomic E-state index is 12.9. The van der Waals surface area contributed by atoms with Gasteiger partial charge in [-0.3, -0.25) is 9.69 Å². The van der Waals surface area contributed by atoms with Gasteiger partial charge in [0.15, 0.2) is 5.76 Å². The Morgan fingerprint density at radius 3 is 2.64 bits per heavy atom. The van der Waals surface area contributed by atoms with Gasteiger partial charge >= 0.3 is 0 Å². The van der Waals surface area contributed by atoms with E-state index in [1.165, 1.54) is 6.26 Å². The zero-order chi connectivity index (χ0) is 23.4. The number of carbonyl (C=O) groups is 1. The van der Waals surface area contributed by atoms with Gasteiger partial charge in [0.25, 0.3) is 5.89 Å². The summed E-state index contributed by atoms with van der Waals surface area (Å²) in [5.74, 6) is 2.20. The van der Waals surface area contributed by atoms with Crippen LogP contribution < -0.4 is 19.7 Å². The van der Waals surface area contributed by atoms with E-state index in [0.717, 1.165) is 0 Å². The van der Waals surface area contributed by atoms with Crippen LogP contribution in [0.4, 0.5) is 11.6 Å². The minimum atomic E-state index is -0.369. The van der Waals surface area contributed by atoms with Crippen molar-refractivity contribution in [3.63, 3.8) is 0 Å². The monoisotopic (exact) mass is 451 g/mol. The van der Waals surface area contributed by atoms with Crippen molar-refractivity contribution in [1.29, 1.82) is 5.26 Å². The maximum absolute atomic E-state index is 12.9. The van der Waals surface area contributed by atoms with E-state index in [2.05, 4.69) is 21.3 Å². The van der Waals surface area contributed by atoms with Gasteiger partial charge in [-0.25, -0.2) is 0 Å². The van der Waals surface area contributed by atoms with Gasteiger partial charge in [-0.15, -0.1) is 0 Å². The number of hydrogen-bond acceptors (Lipinski definition) is 9. The molecule has 0 aliphatic carbocycles. The number of benzene rings is 1. The molecule has 4 rings (SSSR count). The third-order valence-corrected chi connectivity index (χ3v) is 5.64. The number of aromatic nitrogens is 1. The molecule has 10 heteroatoms. The van der Waals surface area contributed by atoms with Gasteiger partial charge < -0.3 is 28.5 Å². The number of furan rings is 1.